The zero-order valence-corrected chi connectivity index (χ0v) is 17.5. The third-order valence-electron chi connectivity index (χ3n) is 5.67. The van der Waals surface area contributed by atoms with Gasteiger partial charge in [0.1, 0.15) is 0 Å². The molecule has 5 rings (SSSR count). The molecule has 0 radical (unpaired) electrons. The summed E-state index contributed by atoms with van der Waals surface area (Å²) >= 11 is 0. The average Bonchev–Trinajstić information content (AvgIpc) is 3.18. The lowest BCUT2D eigenvalue weighted by atomic mass is 9.76. The first-order valence-corrected chi connectivity index (χ1v) is 9.75. The van der Waals surface area contributed by atoms with Crippen LogP contribution in [0.2, 0.25) is 0 Å². The SMILES string of the molecule is [2H]c1c(-c2c([2H])c([2H])c([2H])c([2H])c2[2H])cc(-c2c([2H])c(B3OC(C)(C)C(C)(C)O3)c([2H])c3c([2H])c([2H])c([2H])c([2H])c23)c([2H])c1[2H]. The van der Waals surface area contributed by atoms with Crippen molar-refractivity contribution in [3.8, 4) is 22.3 Å². The van der Waals surface area contributed by atoms with E-state index in [4.69, 9.17) is 27.1 Å². The molecule has 1 fully saturated rings. The zero-order chi connectivity index (χ0) is 33.8. The van der Waals surface area contributed by atoms with Crippen LogP contribution in [0.1, 0.15) is 46.9 Å². The van der Waals surface area contributed by atoms with Gasteiger partial charge in [-0.25, -0.2) is 0 Å². The van der Waals surface area contributed by atoms with Gasteiger partial charge >= 0.3 is 7.12 Å². The van der Waals surface area contributed by atoms with E-state index in [9.17, 15) is 1.37 Å². The van der Waals surface area contributed by atoms with Crippen molar-refractivity contribution >= 4 is 23.4 Å². The highest BCUT2D eigenvalue weighted by atomic mass is 16.7. The molecule has 1 heterocycles. The Morgan fingerprint density at radius 3 is 2.03 bits per heavy atom. The van der Waals surface area contributed by atoms with E-state index in [0.717, 1.165) is 6.07 Å². The van der Waals surface area contributed by atoms with Gasteiger partial charge in [-0.05, 0) is 72.3 Å². The molecule has 0 aromatic heterocycles. The Labute approximate surface area is 204 Å². The van der Waals surface area contributed by atoms with E-state index in [1.165, 1.54) is 0 Å². The second-order valence-electron chi connectivity index (χ2n) is 8.22. The third kappa shape index (κ3) is 3.58. The van der Waals surface area contributed by atoms with Gasteiger partial charge in [0.15, 0.2) is 0 Å². The molecular weight excluding hydrogens is 379 g/mol. The number of hydrogen-bond acceptors (Lipinski definition) is 2. The molecule has 3 heteroatoms. The maximum absolute atomic E-state index is 9.32. The van der Waals surface area contributed by atoms with Crippen LogP contribution in [0.15, 0.2) is 90.7 Å². The maximum Gasteiger partial charge on any atom is 0.494 e. The Kier molecular flexibility index (Phi) is 2.31. The molecule has 154 valence electrons. The Morgan fingerprint density at radius 2 is 1.29 bits per heavy atom. The average molecular weight is 420 g/mol. The van der Waals surface area contributed by atoms with Crippen molar-refractivity contribution in [2.75, 3.05) is 0 Å². The molecule has 4 aromatic rings. The summed E-state index contributed by atoms with van der Waals surface area (Å²) in [6, 6.07) is -7.65. The second kappa shape index (κ2) is 7.37. The van der Waals surface area contributed by atoms with Crippen molar-refractivity contribution in [2.24, 2.45) is 0 Å². The third-order valence-corrected chi connectivity index (χ3v) is 5.67. The highest BCUT2D eigenvalue weighted by Crippen LogP contribution is 2.38. The summed E-state index contributed by atoms with van der Waals surface area (Å²) in [4.78, 5) is 0. The molecule has 1 saturated heterocycles. The summed E-state index contributed by atoms with van der Waals surface area (Å²) in [7, 11) is -1.34. The molecule has 4 aromatic carbocycles. The Hall–Kier alpha value is -2.88. The summed E-state index contributed by atoms with van der Waals surface area (Å²) in [6.45, 7) is 7.01. The molecule has 0 unspecified atom stereocenters. The number of rotatable bonds is 3. The van der Waals surface area contributed by atoms with E-state index in [2.05, 4.69) is 0 Å². The summed E-state index contributed by atoms with van der Waals surface area (Å²) in [6.07, 6.45) is 0. The second-order valence-corrected chi connectivity index (χ2v) is 8.22. The van der Waals surface area contributed by atoms with Crippen LogP contribution >= 0.6 is 0 Å². The van der Waals surface area contributed by atoms with Gasteiger partial charge in [0.25, 0.3) is 0 Å². The minimum atomic E-state index is -1.34. The quantitative estimate of drug-likeness (QED) is 0.354. The molecule has 1 aliphatic rings. The summed E-state index contributed by atoms with van der Waals surface area (Å²) < 4.78 is 132. The summed E-state index contributed by atoms with van der Waals surface area (Å²) in [5.41, 5.74) is -3.33. The Balaban J connectivity index is 1.99. The Morgan fingerprint density at radius 1 is 0.677 bits per heavy atom. The van der Waals surface area contributed by atoms with Crippen LogP contribution in [0, 0.1) is 0 Å². The fraction of sp³-hybridized carbons (Fsp3) is 0.214. The van der Waals surface area contributed by atoms with Gasteiger partial charge in [-0.15, -0.1) is 0 Å². The van der Waals surface area contributed by atoms with Crippen molar-refractivity contribution in [3.63, 3.8) is 0 Å². The van der Waals surface area contributed by atoms with Crippen molar-refractivity contribution in [1.29, 1.82) is 0 Å². The van der Waals surface area contributed by atoms with Crippen molar-refractivity contribution in [2.45, 2.75) is 38.9 Å². The Bertz CT molecular complexity index is 1930. The molecule has 1 aliphatic heterocycles. The molecule has 31 heavy (non-hydrogen) atoms. The molecule has 2 nitrogen and oxygen atoms in total. The predicted molar refractivity (Wildman–Crippen MR) is 131 cm³/mol. The van der Waals surface area contributed by atoms with Gasteiger partial charge in [-0.3, -0.25) is 0 Å². The van der Waals surface area contributed by atoms with Crippen molar-refractivity contribution < 1.29 is 28.5 Å². The summed E-state index contributed by atoms with van der Waals surface area (Å²) in [5.74, 6) is 0. The van der Waals surface area contributed by atoms with E-state index >= 15 is 0 Å². The molecule has 0 amide bonds. The fourth-order valence-electron chi connectivity index (χ4n) is 3.27. The minimum absolute atomic E-state index is 0.188. The topological polar surface area (TPSA) is 18.5 Å². The number of fused-ring (bicyclic) bond motifs is 1. The maximum atomic E-state index is 9.32. The largest absolute Gasteiger partial charge is 0.494 e. The summed E-state index contributed by atoms with van der Waals surface area (Å²) in [5, 5.41) is -0.587. The predicted octanol–water partition coefficient (Wildman–Crippen LogP) is 6.47. The van der Waals surface area contributed by atoms with Gasteiger partial charge in [-0.2, -0.15) is 0 Å². The number of benzene rings is 4. The highest BCUT2D eigenvalue weighted by Gasteiger charge is 2.51. The highest BCUT2D eigenvalue weighted by molar-refractivity contribution is 6.62. The molecule has 0 spiro atoms. The first kappa shape index (κ1) is 9.73. The van der Waals surface area contributed by atoms with Crippen LogP contribution in [0.3, 0.4) is 0 Å². The molecule has 0 N–H and O–H groups in total. The smallest absolute Gasteiger partial charge is 0.399 e. The first-order valence-electron chi connectivity index (χ1n) is 16.7. The van der Waals surface area contributed by atoms with Gasteiger partial charge in [0.05, 0.1) is 30.4 Å². The lowest BCUT2D eigenvalue weighted by Crippen LogP contribution is -2.41. The standard InChI is InChI=1S/C28H27BO2/c1-27(2)28(3,4)31-29(30-27)24-18-23-13-8-9-16-25(23)26(19-24)22-15-10-14-21(17-22)20-11-6-5-7-12-20/h5-19H,1-4H3/i5D,6D,7D,8D,9D,10D,11D,12D,13D,14D,15D,16D,18D,19D. The van der Waals surface area contributed by atoms with E-state index < -0.39 is 108 Å². The molecule has 0 saturated carbocycles. The van der Waals surface area contributed by atoms with E-state index in [1.807, 2.05) is 0 Å². The van der Waals surface area contributed by atoms with Crippen molar-refractivity contribution in [3.05, 3.63) is 90.7 Å². The van der Waals surface area contributed by atoms with Crippen molar-refractivity contribution in [1.82, 2.24) is 0 Å². The molecule has 0 atom stereocenters. The van der Waals surface area contributed by atoms with Crippen LogP contribution in [0.25, 0.3) is 33.0 Å². The molecule has 0 bridgehead atoms. The minimum Gasteiger partial charge on any atom is -0.399 e. The normalized spacial score (nSPS) is 23.5. The van der Waals surface area contributed by atoms with Crippen LogP contribution in [-0.4, -0.2) is 18.3 Å². The van der Waals surface area contributed by atoms with Gasteiger partial charge in [-0.1, -0.05) is 84.6 Å². The van der Waals surface area contributed by atoms with Crippen LogP contribution in [-0.2, 0) is 9.31 Å². The zero-order valence-electron chi connectivity index (χ0n) is 31.5. The lowest BCUT2D eigenvalue weighted by Gasteiger charge is -2.32. The monoisotopic (exact) mass is 420 g/mol. The van der Waals surface area contributed by atoms with Crippen LogP contribution in [0.5, 0.6) is 0 Å². The van der Waals surface area contributed by atoms with Gasteiger partial charge in [0.2, 0.25) is 0 Å². The lowest BCUT2D eigenvalue weighted by molar-refractivity contribution is 0.00578. The first-order chi connectivity index (χ1) is 20.7. The van der Waals surface area contributed by atoms with E-state index in [-0.39, 0.29) is 32.9 Å². The molecular formula is C28H27BO2. The number of hydrogen-bond donors (Lipinski definition) is 0. The van der Waals surface area contributed by atoms with Crippen LogP contribution < -0.4 is 5.46 Å². The van der Waals surface area contributed by atoms with Crippen LogP contribution in [0.4, 0.5) is 0 Å². The van der Waals surface area contributed by atoms with E-state index in [0.29, 0.717) is 0 Å². The van der Waals surface area contributed by atoms with Gasteiger partial charge < -0.3 is 9.31 Å². The fourth-order valence-corrected chi connectivity index (χ4v) is 3.27. The van der Waals surface area contributed by atoms with E-state index in [1.54, 1.807) is 27.7 Å². The van der Waals surface area contributed by atoms with Gasteiger partial charge in [0, 0.05) is 0 Å². The molecule has 0 aliphatic carbocycles.